The molecule has 0 aromatic heterocycles. The first-order valence-electron chi connectivity index (χ1n) is 7.03. The van der Waals surface area contributed by atoms with Crippen LogP contribution < -0.4 is 10.6 Å². The molecule has 1 saturated heterocycles. The Morgan fingerprint density at radius 1 is 1.22 bits per heavy atom. The van der Waals surface area contributed by atoms with Gasteiger partial charge in [0.25, 0.3) is 0 Å². The van der Waals surface area contributed by atoms with Gasteiger partial charge in [-0.05, 0) is 48.9 Å². The van der Waals surface area contributed by atoms with Crippen LogP contribution in [0, 0.1) is 0 Å². The number of thioether (sulfide) groups is 1. The van der Waals surface area contributed by atoms with E-state index >= 15 is 0 Å². The Bertz CT molecular complexity index is 401. The van der Waals surface area contributed by atoms with Gasteiger partial charge in [-0.3, -0.25) is 0 Å². The van der Waals surface area contributed by atoms with Crippen molar-refractivity contribution in [3.8, 4) is 0 Å². The van der Waals surface area contributed by atoms with E-state index in [0.717, 1.165) is 19.0 Å². The molecule has 1 fully saturated rings. The molecule has 1 unspecified atom stereocenters. The summed E-state index contributed by atoms with van der Waals surface area (Å²) in [6.07, 6.45) is 3.80. The molecular weight excluding hydrogens is 240 g/mol. The van der Waals surface area contributed by atoms with Crippen LogP contribution in [0.2, 0.25) is 0 Å². The molecule has 0 aliphatic carbocycles. The maximum absolute atomic E-state index is 5.77. The van der Waals surface area contributed by atoms with Crippen molar-refractivity contribution in [3.63, 3.8) is 0 Å². The van der Waals surface area contributed by atoms with Gasteiger partial charge < -0.3 is 10.6 Å². The van der Waals surface area contributed by atoms with Crippen LogP contribution in [-0.4, -0.2) is 30.6 Å². The molecule has 0 spiro atoms. The molecule has 3 rings (SSSR count). The predicted octanol–water partition coefficient (Wildman–Crippen LogP) is 2.83. The van der Waals surface area contributed by atoms with Crippen LogP contribution in [0.25, 0.3) is 0 Å². The highest BCUT2D eigenvalue weighted by Crippen LogP contribution is 2.40. The fraction of sp³-hybridized carbons (Fsp3) is 0.600. The van der Waals surface area contributed by atoms with Crippen LogP contribution in [0.15, 0.2) is 24.3 Å². The van der Waals surface area contributed by atoms with Crippen molar-refractivity contribution in [1.29, 1.82) is 0 Å². The van der Waals surface area contributed by atoms with Gasteiger partial charge in [0.05, 0.1) is 0 Å². The van der Waals surface area contributed by atoms with Gasteiger partial charge in [0.2, 0.25) is 0 Å². The van der Waals surface area contributed by atoms with E-state index in [-0.39, 0.29) is 0 Å². The van der Waals surface area contributed by atoms with Crippen LogP contribution >= 0.6 is 11.8 Å². The fourth-order valence-electron chi connectivity index (χ4n) is 3.32. The first-order chi connectivity index (χ1) is 8.90. The normalized spacial score (nSPS) is 24.3. The summed E-state index contributed by atoms with van der Waals surface area (Å²) in [4.78, 5) is 2.66. The number of nitrogens with zero attached hydrogens (tertiary/aromatic N) is 1. The smallest absolute Gasteiger partial charge is 0.0405 e. The largest absolute Gasteiger partial charge is 0.368 e. The van der Waals surface area contributed by atoms with Crippen molar-refractivity contribution >= 4 is 17.4 Å². The zero-order valence-corrected chi connectivity index (χ0v) is 11.7. The lowest BCUT2D eigenvalue weighted by atomic mass is 9.98. The molecule has 3 heteroatoms. The van der Waals surface area contributed by atoms with Gasteiger partial charge in [-0.25, -0.2) is 0 Å². The number of anilines is 1. The van der Waals surface area contributed by atoms with Gasteiger partial charge in [0, 0.05) is 24.2 Å². The first kappa shape index (κ1) is 12.4. The molecule has 0 amide bonds. The minimum absolute atomic E-state index is 0.653. The molecule has 2 aliphatic heterocycles. The average molecular weight is 262 g/mol. The second kappa shape index (κ2) is 5.54. The SMILES string of the molecule is NCCC1CN(C2CCSCC2)c2ccccc21. The third kappa shape index (κ3) is 2.26. The fourth-order valence-corrected chi connectivity index (χ4v) is 4.40. The van der Waals surface area contributed by atoms with Crippen LogP contribution in [0.4, 0.5) is 5.69 Å². The van der Waals surface area contributed by atoms with Crippen LogP contribution in [0.5, 0.6) is 0 Å². The zero-order chi connectivity index (χ0) is 12.4. The molecule has 0 bridgehead atoms. The highest BCUT2D eigenvalue weighted by molar-refractivity contribution is 7.99. The minimum atomic E-state index is 0.653. The zero-order valence-electron chi connectivity index (χ0n) is 10.8. The topological polar surface area (TPSA) is 29.3 Å². The molecule has 1 aromatic rings. The van der Waals surface area contributed by atoms with Gasteiger partial charge in [0.15, 0.2) is 0 Å². The van der Waals surface area contributed by atoms with Crippen LogP contribution in [0.1, 0.15) is 30.7 Å². The molecule has 2 aliphatic rings. The maximum Gasteiger partial charge on any atom is 0.0405 e. The third-order valence-corrected chi connectivity index (χ3v) is 5.30. The van der Waals surface area contributed by atoms with E-state index in [1.165, 1.54) is 42.1 Å². The van der Waals surface area contributed by atoms with Crippen molar-refractivity contribution < 1.29 is 0 Å². The monoisotopic (exact) mass is 262 g/mol. The molecule has 2 nitrogen and oxygen atoms in total. The summed E-state index contributed by atoms with van der Waals surface area (Å²) in [6, 6.07) is 9.70. The van der Waals surface area contributed by atoms with Crippen molar-refractivity contribution in [3.05, 3.63) is 29.8 Å². The van der Waals surface area contributed by atoms with E-state index in [2.05, 4.69) is 40.9 Å². The molecule has 18 heavy (non-hydrogen) atoms. The number of rotatable bonds is 3. The molecule has 0 radical (unpaired) electrons. The standard InChI is InChI=1S/C15H22N2S/c16-8-5-12-11-17(13-6-9-18-10-7-13)15-4-2-1-3-14(12)15/h1-4,12-13H,5-11,16H2. The van der Waals surface area contributed by atoms with E-state index in [9.17, 15) is 0 Å². The molecule has 1 atom stereocenters. The van der Waals surface area contributed by atoms with E-state index in [4.69, 9.17) is 5.73 Å². The Morgan fingerprint density at radius 3 is 2.78 bits per heavy atom. The lowest BCUT2D eigenvalue weighted by Gasteiger charge is -2.33. The number of para-hydroxylation sites is 1. The maximum atomic E-state index is 5.77. The summed E-state index contributed by atoms with van der Waals surface area (Å²) in [5.74, 6) is 3.30. The number of benzene rings is 1. The highest BCUT2D eigenvalue weighted by atomic mass is 32.2. The van der Waals surface area contributed by atoms with Gasteiger partial charge in [-0.1, -0.05) is 18.2 Å². The van der Waals surface area contributed by atoms with Crippen molar-refractivity contribution in [2.24, 2.45) is 5.73 Å². The van der Waals surface area contributed by atoms with Crippen LogP contribution in [-0.2, 0) is 0 Å². The van der Waals surface area contributed by atoms with E-state index < -0.39 is 0 Å². The molecule has 2 heterocycles. The van der Waals surface area contributed by atoms with Crippen molar-refractivity contribution in [1.82, 2.24) is 0 Å². The number of fused-ring (bicyclic) bond motifs is 1. The van der Waals surface area contributed by atoms with E-state index in [1.54, 1.807) is 0 Å². The molecule has 2 N–H and O–H groups in total. The number of hydrogen-bond acceptors (Lipinski definition) is 3. The van der Waals surface area contributed by atoms with Crippen molar-refractivity contribution in [2.75, 3.05) is 29.5 Å². The summed E-state index contributed by atoms with van der Waals surface area (Å²) in [5, 5.41) is 0. The molecular formula is C15H22N2S. The number of hydrogen-bond donors (Lipinski definition) is 1. The summed E-state index contributed by atoms with van der Waals surface area (Å²) < 4.78 is 0. The van der Waals surface area contributed by atoms with E-state index in [1.807, 2.05) is 0 Å². The average Bonchev–Trinajstić information content (AvgIpc) is 2.80. The van der Waals surface area contributed by atoms with Crippen molar-refractivity contribution in [2.45, 2.75) is 31.2 Å². The molecule has 98 valence electrons. The highest BCUT2D eigenvalue weighted by Gasteiger charge is 2.32. The van der Waals surface area contributed by atoms with Gasteiger partial charge >= 0.3 is 0 Å². The lowest BCUT2D eigenvalue weighted by Crippen LogP contribution is -2.37. The summed E-state index contributed by atoms with van der Waals surface area (Å²) in [7, 11) is 0. The van der Waals surface area contributed by atoms with Gasteiger partial charge in [-0.15, -0.1) is 0 Å². The predicted molar refractivity (Wildman–Crippen MR) is 80.5 cm³/mol. The Balaban J connectivity index is 1.84. The summed E-state index contributed by atoms with van der Waals surface area (Å²) in [6.45, 7) is 1.99. The Labute approximate surface area is 114 Å². The van der Waals surface area contributed by atoms with E-state index in [0.29, 0.717) is 5.92 Å². The Hall–Kier alpha value is -0.670. The van der Waals surface area contributed by atoms with Gasteiger partial charge in [0.1, 0.15) is 0 Å². The lowest BCUT2D eigenvalue weighted by molar-refractivity contribution is 0.538. The Kier molecular flexibility index (Phi) is 3.80. The summed E-state index contributed by atoms with van der Waals surface area (Å²) in [5.41, 5.74) is 8.78. The molecule has 1 aromatic carbocycles. The van der Waals surface area contributed by atoms with Gasteiger partial charge in [-0.2, -0.15) is 11.8 Å². The first-order valence-corrected chi connectivity index (χ1v) is 8.19. The third-order valence-electron chi connectivity index (χ3n) is 4.25. The summed E-state index contributed by atoms with van der Waals surface area (Å²) >= 11 is 2.10. The minimum Gasteiger partial charge on any atom is -0.368 e. The second-order valence-corrected chi connectivity index (χ2v) is 6.55. The number of nitrogens with two attached hydrogens (primary N) is 1. The molecule has 0 saturated carbocycles. The Morgan fingerprint density at radius 2 is 2.00 bits per heavy atom. The second-order valence-electron chi connectivity index (χ2n) is 5.33. The quantitative estimate of drug-likeness (QED) is 0.908. The van der Waals surface area contributed by atoms with Crippen LogP contribution in [0.3, 0.4) is 0 Å².